The van der Waals surface area contributed by atoms with Crippen molar-refractivity contribution in [2.24, 2.45) is 0 Å². The molecule has 6 aromatic rings. The van der Waals surface area contributed by atoms with Gasteiger partial charge < -0.3 is 8.97 Å². The molecule has 0 N–H and O–H groups in total. The highest BCUT2D eigenvalue weighted by molar-refractivity contribution is 5.61. The third kappa shape index (κ3) is 3.15. The van der Waals surface area contributed by atoms with Crippen molar-refractivity contribution in [1.82, 2.24) is 18.9 Å². The summed E-state index contributed by atoms with van der Waals surface area (Å²) in [4.78, 5) is 9.20. The minimum absolute atomic E-state index is 0.561. The number of rotatable bonds is 5. The summed E-state index contributed by atoms with van der Waals surface area (Å²) in [6.07, 6.45) is 9.93. The molecule has 0 aliphatic heterocycles. The first-order valence-electron chi connectivity index (χ1n) is 11.0. The molecule has 6 rings (SSSR count). The Kier molecular flexibility index (Phi) is 4.62. The van der Waals surface area contributed by atoms with Crippen molar-refractivity contribution < 1.29 is 0 Å². The van der Waals surface area contributed by atoms with Gasteiger partial charge >= 0.3 is 0 Å². The number of aromatic nitrogens is 4. The maximum atomic E-state index is 4.85. The first kappa shape index (κ1) is 19.3. The molecule has 0 bridgehead atoms. The average Bonchev–Trinajstić information content (AvgIpc) is 3.56. The molecule has 0 spiro atoms. The lowest BCUT2D eigenvalue weighted by molar-refractivity contribution is 0.515. The van der Waals surface area contributed by atoms with E-state index in [0.717, 1.165) is 16.9 Å². The van der Waals surface area contributed by atoms with Gasteiger partial charge in [0.15, 0.2) is 0 Å². The van der Waals surface area contributed by atoms with E-state index in [1.54, 1.807) is 0 Å². The number of benzene rings is 3. The van der Waals surface area contributed by atoms with Gasteiger partial charge in [0.25, 0.3) is 0 Å². The molecule has 0 aliphatic rings. The average molecular weight is 427 g/mol. The number of pyridine rings is 1. The van der Waals surface area contributed by atoms with Gasteiger partial charge in [-0.05, 0) is 28.8 Å². The van der Waals surface area contributed by atoms with Gasteiger partial charge in [-0.15, -0.1) is 0 Å². The number of hydrogen-bond donors (Lipinski definition) is 0. The third-order valence-electron chi connectivity index (χ3n) is 6.23. The van der Waals surface area contributed by atoms with E-state index in [1.165, 1.54) is 16.7 Å². The molecular weight excluding hydrogens is 404 g/mol. The SMILES string of the molecule is c1ccc(C(c2ccccc2)(c2ccccc2)n2cnc(-c3ccc4nccn4c3)c2)cc1. The van der Waals surface area contributed by atoms with Crippen molar-refractivity contribution in [3.63, 3.8) is 0 Å². The van der Waals surface area contributed by atoms with E-state index in [0.29, 0.717) is 0 Å². The molecule has 0 atom stereocenters. The minimum atomic E-state index is -0.561. The Morgan fingerprint density at radius 2 is 1.15 bits per heavy atom. The van der Waals surface area contributed by atoms with Crippen LogP contribution in [-0.2, 0) is 5.54 Å². The van der Waals surface area contributed by atoms with E-state index in [9.17, 15) is 0 Å². The second kappa shape index (κ2) is 7.92. The fourth-order valence-corrected chi connectivity index (χ4v) is 4.71. The van der Waals surface area contributed by atoms with Crippen molar-refractivity contribution in [2.75, 3.05) is 0 Å². The molecule has 0 radical (unpaired) electrons. The Balaban J connectivity index is 1.62. The molecule has 0 saturated heterocycles. The molecule has 3 aromatic carbocycles. The summed E-state index contributed by atoms with van der Waals surface area (Å²) in [6.45, 7) is 0. The van der Waals surface area contributed by atoms with Crippen LogP contribution in [0.4, 0.5) is 0 Å². The zero-order valence-electron chi connectivity index (χ0n) is 18.0. The van der Waals surface area contributed by atoms with Crippen LogP contribution in [0.25, 0.3) is 16.9 Å². The zero-order valence-corrected chi connectivity index (χ0v) is 18.0. The molecule has 0 aliphatic carbocycles. The minimum Gasteiger partial charge on any atom is -0.318 e. The normalized spacial score (nSPS) is 11.6. The van der Waals surface area contributed by atoms with E-state index < -0.39 is 5.54 Å². The van der Waals surface area contributed by atoms with Crippen LogP contribution in [0.2, 0.25) is 0 Å². The summed E-state index contributed by atoms with van der Waals surface area (Å²) >= 11 is 0. The first-order chi connectivity index (χ1) is 16.4. The second-order valence-corrected chi connectivity index (χ2v) is 8.09. The summed E-state index contributed by atoms with van der Waals surface area (Å²) in [5.41, 5.74) is 5.85. The first-order valence-corrected chi connectivity index (χ1v) is 11.0. The molecule has 0 amide bonds. The van der Waals surface area contributed by atoms with Crippen LogP contribution in [0.3, 0.4) is 0 Å². The molecule has 3 heterocycles. The molecule has 3 aromatic heterocycles. The zero-order chi connectivity index (χ0) is 22.1. The van der Waals surface area contributed by atoms with Gasteiger partial charge in [0.1, 0.15) is 11.2 Å². The van der Waals surface area contributed by atoms with E-state index in [2.05, 4.69) is 119 Å². The monoisotopic (exact) mass is 426 g/mol. The molecule has 0 fully saturated rings. The highest BCUT2D eigenvalue weighted by atomic mass is 15.1. The highest BCUT2D eigenvalue weighted by Crippen LogP contribution is 2.41. The fraction of sp³-hybridized carbons (Fsp3) is 0.0345. The van der Waals surface area contributed by atoms with Gasteiger partial charge in [-0.1, -0.05) is 91.0 Å². The van der Waals surface area contributed by atoms with Gasteiger partial charge in [0.2, 0.25) is 0 Å². The molecule has 4 heteroatoms. The van der Waals surface area contributed by atoms with Gasteiger partial charge in [0, 0.05) is 30.4 Å². The van der Waals surface area contributed by atoms with Crippen LogP contribution in [0.15, 0.2) is 134 Å². The standard InChI is InChI=1S/C29H22N4/c1-4-10-24(11-5-1)29(25-12-6-2-7-13-25,26-14-8-3-9-15-26)33-21-27(31-22-33)23-16-17-28-30-18-19-32(28)20-23/h1-22H. The Labute approximate surface area is 192 Å². The lowest BCUT2D eigenvalue weighted by Crippen LogP contribution is -2.36. The number of imidazole rings is 2. The van der Waals surface area contributed by atoms with Crippen LogP contribution >= 0.6 is 0 Å². The molecule has 0 saturated carbocycles. The van der Waals surface area contributed by atoms with E-state index >= 15 is 0 Å². The van der Waals surface area contributed by atoms with E-state index in [4.69, 9.17) is 4.98 Å². The summed E-state index contributed by atoms with van der Waals surface area (Å²) in [7, 11) is 0. The maximum absolute atomic E-state index is 4.85. The third-order valence-corrected chi connectivity index (χ3v) is 6.23. The largest absolute Gasteiger partial charge is 0.318 e. The predicted molar refractivity (Wildman–Crippen MR) is 131 cm³/mol. The smallest absolute Gasteiger partial charge is 0.136 e. The van der Waals surface area contributed by atoms with Crippen LogP contribution < -0.4 is 0 Å². The summed E-state index contributed by atoms with van der Waals surface area (Å²) in [6, 6.07) is 36.0. The summed E-state index contributed by atoms with van der Waals surface area (Å²) in [5, 5.41) is 0. The number of nitrogens with zero attached hydrogens (tertiary/aromatic N) is 4. The van der Waals surface area contributed by atoms with Crippen LogP contribution in [0.5, 0.6) is 0 Å². The summed E-state index contributed by atoms with van der Waals surface area (Å²) < 4.78 is 4.26. The van der Waals surface area contributed by atoms with Crippen LogP contribution in [0.1, 0.15) is 16.7 Å². The Morgan fingerprint density at radius 1 is 0.576 bits per heavy atom. The summed E-state index contributed by atoms with van der Waals surface area (Å²) in [5.74, 6) is 0. The fourth-order valence-electron chi connectivity index (χ4n) is 4.71. The lowest BCUT2D eigenvalue weighted by Gasteiger charge is -2.37. The number of hydrogen-bond acceptors (Lipinski definition) is 2. The van der Waals surface area contributed by atoms with Gasteiger partial charge in [-0.3, -0.25) is 0 Å². The lowest BCUT2D eigenvalue weighted by atomic mass is 9.77. The van der Waals surface area contributed by atoms with E-state index in [-0.39, 0.29) is 0 Å². The molecule has 4 nitrogen and oxygen atoms in total. The Morgan fingerprint density at radius 3 is 1.73 bits per heavy atom. The van der Waals surface area contributed by atoms with Crippen molar-refractivity contribution in [3.8, 4) is 11.3 Å². The molecule has 158 valence electrons. The Hall–Kier alpha value is -4.44. The molecular formula is C29H22N4. The van der Waals surface area contributed by atoms with Crippen molar-refractivity contribution in [3.05, 3.63) is 151 Å². The van der Waals surface area contributed by atoms with Crippen molar-refractivity contribution >= 4 is 5.65 Å². The predicted octanol–water partition coefficient (Wildman–Crippen LogP) is 6.04. The van der Waals surface area contributed by atoms with Crippen LogP contribution in [-0.4, -0.2) is 18.9 Å². The second-order valence-electron chi connectivity index (χ2n) is 8.09. The van der Waals surface area contributed by atoms with Gasteiger partial charge in [-0.25, -0.2) is 9.97 Å². The Bertz CT molecular complexity index is 1400. The maximum Gasteiger partial charge on any atom is 0.136 e. The van der Waals surface area contributed by atoms with E-state index in [1.807, 2.05) is 29.2 Å². The molecule has 0 unspecified atom stereocenters. The van der Waals surface area contributed by atoms with Crippen LogP contribution in [0, 0.1) is 0 Å². The highest BCUT2D eigenvalue weighted by Gasteiger charge is 2.38. The van der Waals surface area contributed by atoms with Crippen molar-refractivity contribution in [1.29, 1.82) is 0 Å². The van der Waals surface area contributed by atoms with Gasteiger partial charge in [-0.2, -0.15) is 0 Å². The molecule has 33 heavy (non-hydrogen) atoms. The topological polar surface area (TPSA) is 35.1 Å². The number of fused-ring (bicyclic) bond motifs is 1. The van der Waals surface area contributed by atoms with Gasteiger partial charge in [0.05, 0.1) is 12.0 Å². The van der Waals surface area contributed by atoms with Crippen molar-refractivity contribution in [2.45, 2.75) is 5.54 Å². The quantitative estimate of drug-likeness (QED) is 0.315.